The Bertz CT molecular complexity index is 534. The van der Waals surface area contributed by atoms with Gasteiger partial charge in [-0.25, -0.2) is 0 Å². The molecule has 5 heteroatoms. The number of carbonyl (C=O) groups excluding carboxylic acids is 2. The topological polar surface area (TPSA) is 69.6 Å². The number of piperidine rings is 1. The van der Waals surface area contributed by atoms with E-state index in [4.69, 9.17) is 5.11 Å². The minimum atomic E-state index is -0.592. The molecule has 2 N–H and O–H groups in total. The number of carbonyl (C=O) groups is 2. The summed E-state index contributed by atoms with van der Waals surface area (Å²) in [5.74, 6) is -0.838. The lowest BCUT2D eigenvalue weighted by molar-refractivity contribution is -0.144. The van der Waals surface area contributed by atoms with Crippen molar-refractivity contribution in [2.45, 2.75) is 26.7 Å². The van der Waals surface area contributed by atoms with Crippen LogP contribution in [-0.4, -0.2) is 41.5 Å². The Morgan fingerprint density at radius 1 is 1.29 bits per heavy atom. The summed E-state index contributed by atoms with van der Waals surface area (Å²) in [6, 6.07) is 5.74. The van der Waals surface area contributed by atoms with Gasteiger partial charge in [0.05, 0.1) is 0 Å². The van der Waals surface area contributed by atoms with Crippen molar-refractivity contribution in [3.05, 3.63) is 29.3 Å². The molecule has 1 saturated heterocycles. The molecule has 0 aromatic heterocycles. The summed E-state index contributed by atoms with van der Waals surface area (Å²) in [5, 5.41) is 11.8. The van der Waals surface area contributed by atoms with Gasteiger partial charge in [0.2, 0.25) is 0 Å². The highest BCUT2D eigenvalue weighted by molar-refractivity contribution is 6.39. The van der Waals surface area contributed by atoms with E-state index in [1.165, 1.54) is 0 Å². The number of amides is 2. The average Bonchev–Trinajstić information content (AvgIpc) is 2.50. The number of rotatable bonds is 2. The van der Waals surface area contributed by atoms with Crippen molar-refractivity contribution >= 4 is 17.5 Å². The van der Waals surface area contributed by atoms with Crippen molar-refractivity contribution in [2.75, 3.05) is 25.0 Å². The first-order valence-electron chi connectivity index (χ1n) is 7.29. The van der Waals surface area contributed by atoms with Gasteiger partial charge in [0.15, 0.2) is 0 Å². The molecular weight excluding hydrogens is 268 g/mol. The highest BCUT2D eigenvalue weighted by Gasteiger charge is 2.26. The minimum Gasteiger partial charge on any atom is -0.396 e. The normalized spacial score (nSPS) is 15.9. The molecule has 0 radical (unpaired) electrons. The summed E-state index contributed by atoms with van der Waals surface area (Å²) in [7, 11) is 0. The first kappa shape index (κ1) is 15.5. The Labute approximate surface area is 125 Å². The molecule has 0 atom stereocenters. The van der Waals surface area contributed by atoms with Gasteiger partial charge in [0.25, 0.3) is 0 Å². The summed E-state index contributed by atoms with van der Waals surface area (Å²) in [6.45, 7) is 5.05. The second kappa shape index (κ2) is 6.72. The summed E-state index contributed by atoms with van der Waals surface area (Å²) < 4.78 is 0. The van der Waals surface area contributed by atoms with Crippen LogP contribution in [0.15, 0.2) is 18.2 Å². The Kier molecular flexibility index (Phi) is 4.96. The Morgan fingerprint density at radius 3 is 2.57 bits per heavy atom. The number of aryl methyl sites for hydroxylation is 2. The molecule has 5 nitrogen and oxygen atoms in total. The third kappa shape index (κ3) is 3.82. The van der Waals surface area contributed by atoms with Gasteiger partial charge in [0.1, 0.15) is 0 Å². The van der Waals surface area contributed by atoms with Crippen LogP contribution in [0.5, 0.6) is 0 Å². The smallest absolute Gasteiger partial charge is 0.313 e. The number of aliphatic hydroxyl groups excluding tert-OH is 1. The molecular formula is C16H22N2O3. The molecule has 21 heavy (non-hydrogen) atoms. The van der Waals surface area contributed by atoms with E-state index in [1.54, 1.807) is 4.90 Å². The van der Waals surface area contributed by atoms with Gasteiger partial charge in [-0.3, -0.25) is 9.59 Å². The van der Waals surface area contributed by atoms with Gasteiger partial charge in [-0.05, 0) is 49.8 Å². The molecule has 0 saturated carbocycles. The van der Waals surface area contributed by atoms with E-state index in [-0.39, 0.29) is 12.5 Å². The van der Waals surface area contributed by atoms with Crippen LogP contribution in [-0.2, 0) is 9.59 Å². The van der Waals surface area contributed by atoms with Gasteiger partial charge >= 0.3 is 11.8 Å². The number of hydrogen-bond donors (Lipinski definition) is 2. The van der Waals surface area contributed by atoms with Crippen LogP contribution in [0, 0.1) is 19.8 Å². The van der Waals surface area contributed by atoms with Crippen molar-refractivity contribution in [1.29, 1.82) is 0 Å². The summed E-state index contributed by atoms with van der Waals surface area (Å²) in [4.78, 5) is 25.8. The lowest BCUT2D eigenvalue weighted by atomic mass is 9.98. The number of anilines is 1. The van der Waals surface area contributed by atoms with Crippen LogP contribution >= 0.6 is 0 Å². The Balaban J connectivity index is 1.97. The Morgan fingerprint density at radius 2 is 1.95 bits per heavy atom. The first-order chi connectivity index (χ1) is 10.0. The summed E-state index contributed by atoms with van der Waals surface area (Å²) in [5.41, 5.74) is 2.64. The first-order valence-corrected chi connectivity index (χ1v) is 7.29. The maximum atomic E-state index is 12.1. The molecule has 1 aliphatic heterocycles. The molecule has 0 spiro atoms. The SMILES string of the molecule is Cc1ccc(C)c(NC(=O)C(=O)N2CCC(CO)CC2)c1. The number of hydrogen-bond acceptors (Lipinski definition) is 3. The third-order valence-corrected chi connectivity index (χ3v) is 4.00. The van der Waals surface area contributed by atoms with E-state index in [2.05, 4.69) is 5.32 Å². The van der Waals surface area contributed by atoms with Crippen LogP contribution in [0.25, 0.3) is 0 Å². The summed E-state index contributed by atoms with van der Waals surface area (Å²) in [6.07, 6.45) is 1.50. The van der Waals surface area contributed by atoms with Crippen molar-refractivity contribution in [1.82, 2.24) is 4.90 Å². The van der Waals surface area contributed by atoms with Crippen LogP contribution in [0.2, 0.25) is 0 Å². The molecule has 0 aliphatic carbocycles. The van der Waals surface area contributed by atoms with Crippen LogP contribution in [0.1, 0.15) is 24.0 Å². The Hall–Kier alpha value is -1.88. The lowest BCUT2D eigenvalue weighted by Gasteiger charge is -2.30. The fraction of sp³-hybridized carbons (Fsp3) is 0.500. The molecule has 1 aliphatic rings. The van der Waals surface area contributed by atoms with Crippen LogP contribution in [0.3, 0.4) is 0 Å². The average molecular weight is 290 g/mol. The molecule has 0 unspecified atom stereocenters. The second-order valence-corrected chi connectivity index (χ2v) is 5.69. The van der Waals surface area contributed by atoms with Gasteiger partial charge in [-0.2, -0.15) is 0 Å². The third-order valence-electron chi connectivity index (χ3n) is 4.00. The van der Waals surface area contributed by atoms with Crippen molar-refractivity contribution in [2.24, 2.45) is 5.92 Å². The molecule has 1 fully saturated rings. The standard InChI is InChI=1S/C16H22N2O3/c1-11-3-4-12(2)14(9-11)17-15(20)16(21)18-7-5-13(10-19)6-8-18/h3-4,9,13,19H,5-8,10H2,1-2H3,(H,17,20). The molecule has 2 rings (SSSR count). The second-order valence-electron chi connectivity index (χ2n) is 5.69. The predicted molar refractivity (Wildman–Crippen MR) is 80.9 cm³/mol. The zero-order valence-corrected chi connectivity index (χ0v) is 12.6. The zero-order valence-electron chi connectivity index (χ0n) is 12.6. The van der Waals surface area contributed by atoms with E-state index in [9.17, 15) is 9.59 Å². The highest BCUT2D eigenvalue weighted by Crippen LogP contribution is 2.18. The van der Waals surface area contributed by atoms with Crippen molar-refractivity contribution in [3.63, 3.8) is 0 Å². The number of aliphatic hydroxyl groups is 1. The monoisotopic (exact) mass is 290 g/mol. The highest BCUT2D eigenvalue weighted by atomic mass is 16.3. The van der Waals surface area contributed by atoms with Gasteiger partial charge < -0.3 is 15.3 Å². The lowest BCUT2D eigenvalue weighted by Crippen LogP contribution is -2.44. The minimum absolute atomic E-state index is 0.150. The van der Waals surface area contributed by atoms with E-state index >= 15 is 0 Å². The molecule has 0 bridgehead atoms. The van der Waals surface area contributed by atoms with Crippen molar-refractivity contribution in [3.8, 4) is 0 Å². The van der Waals surface area contributed by atoms with E-state index in [0.29, 0.717) is 18.8 Å². The number of likely N-dealkylation sites (tertiary alicyclic amines) is 1. The number of nitrogens with zero attached hydrogens (tertiary/aromatic N) is 1. The van der Waals surface area contributed by atoms with E-state index < -0.39 is 11.8 Å². The van der Waals surface area contributed by atoms with Crippen molar-refractivity contribution < 1.29 is 14.7 Å². The zero-order chi connectivity index (χ0) is 15.4. The largest absolute Gasteiger partial charge is 0.396 e. The van der Waals surface area contributed by atoms with Crippen LogP contribution in [0.4, 0.5) is 5.69 Å². The molecule has 1 aromatic carbocycles. The van der Waals surface area contributed by atoms with Crippen LogP contribution < -0.4 is 5.32 Å². The molecule has 2 amide bonds. The fourth-order valence-electron chi connectivity index (χ4n) is 2.51. The maximum Gasteiger partial charge on any atom is 0.313 e. The van der Waals surface area contributed by atoms with E-state index in [1.807, 2.05) is 32.0 Å². The maximum absolute atomic E-state index is 12.1. The number of nitrogens with one attached hydrogen (secondary N) is 1. The molecule has 1 aromatic rings. The van der Waals surface area contributed by atoms with Gasteiger partial charge in [-0.1, -0.05) is 12.1 Å². The molecule has 114 valence electrons. The van der Waals surface area contributed by atoms with Gasteiger partial charge in [0, 0.05) is 25.4 Å². The molecule has 1 heterocycles. The quantitative estimate of drug-likeness (QED) is 0.810. The number of benzene rings is 1. The summed E-state index contributed by atoms with van der Waals surface area (Å²) >= 11 is 0. The fourth-order valence-corrected chi connectivity index (χ4v) is 2.51. The predicted octanol–water partition coefficient (Wildman–Crippen LogP) is 1.47. The van der Waals surface area contributed by atoms with E-state index in [0.717, 1.165) is 24.0 Å². The van der Waals surface area contributed by atoms with Gasteiger partial charge in [-0.15, -0.1) is 0 Å².